The maximum Gasteiger partial charge on any atom is 0.270 e. The summed E-state index contributed by atoms with van der Waals surface area (Å²) in [5.41, 5.74) is 0. The zero-order valence-electron chi connectivity index (χ0n) is 7.39. The van der Waals surface area contributed by atoms with E-state index in [0.29, 0.717) is 5.75 Å². The largest absolute Gasteiger partial charge is 0.497 e. The van der Waals surface area contributed by atoms with Gasteiger partial charge in [-0.25, -0.2) is 13.1 Å². The first-order chi connectivity index (χ1) is 6.60. The fraction of sp³-hybridized carbons (Fsp3) is 0.125. The maximum atomic E-state index is 11.3. The van der Waals surface area contributed by atoms with E-state index in [0.717, 1.165) is 0 Å². The Balaban J connectivity index is 3.05. The van der Waals surface area contributed by atoms with E-state index in [1.54, 1.807) is 4.72 Å². The van der Waals surface area contributed by atoms with Gasteiger partial charge in [-0.2, -0.15) is 5.26 Å². The standard InChI is InChI=1S/C8H8N2O3S/c1-13-7-2-4-8(5-3-7)14(11,12)10-6-9/h2-5,10H,1H3. The molecule has 1 aromatic rings. The number of benzene rings is 1. The van der Waals surface area contributed by atoms with Crippen LogP contribution in [-0.4, -0.2) is 15.5 Å². The van der Waals surface area contributed by atoms with Crippen LogP contribution in [0.3, 0.4) is 0 Å². The van der Waals surface area contributed by atoms with E-state index in [1.807, 2.05) is 0 Å². The van der Waals surface area contributed by atoms with Gasteiger partial charge in [0.1, 0.15) is 5.75 Å². The molecule has 0 bridgehead atoms. The van der Waals surface area contributed by atoms with Crippen molar-refractivity contribution in [2.45, 2.75) is 4.90 Å². The van der Waals surface area contributed by atoms with Gasteiger partial charge in [0.25, 0.3) is 10.0 Å². The van der Waals surface area contributed by atoms with Crippen LogP contribution in [0.4, 0.5) is 0 Å². The molecule has 0 aliphatic rings. The summed E-state index contributed by atoms with van der Waals surface area (Å²) in [6.45, 7) is 0. The van der Waals surface area contributed by atoms with Gasteiger partial charge in [-0.05, 0) is 24.3 Å². The number of hydrogen-bond donors (Lipinski definition) is 1. The van der Waals surface area contributed by atoms with E-state index >= 15 is 0 Å². The normalized spacial score (nSPS) is 10.3. The van der Waals surface area contributed by atoms with Crippen LogP contribution in [0.2, 0.25) is 0 Å². The molecule has 0 aromatic heterocycles. The second-order valence-corrected chi connectivity index (χ2v) is 4.08. The van der Waals surface area contributed by atoms with Crippen molar-refractivity contribution in [3.05, 3.63) is 24.3 Å². The zero-order chi connectivity index (χ0) is 10.6. The SMILES string of the molecule is COc1ccc(S(=O)(=O)NC#N)cc1. The fourth-order valence-electron chi connectivity index (χ4n) is 0.874. The molecule has 0 saturated heterocycles. The second-order valence-electron chi connectivity index (χ2n) is 2.39. The van der Waals surface area contributed by atoms with E-state index in [1.165, 1.54) is 37.6 Å². The van der Waals surface area contributed by atoms with Crippen molar-refractivity contribution in [1.29, 1.82) is 5.26 Å². The Hall–Kier alpha value is -1.74. The Kier molecular flexibility index (Phi) is 2.94. The summed E-state index contributed by atoms with van der Waals surface area (Å²) in [5, 5.41) is 8.20. The predicted octanol–water partition coefficient (Wildman–Crippen LogP) is 0.455. The number of nitrogens with one attached hydrogen (secondary N) is 1. The Bertz CT molecular complexity index is 444. The van der Waals surface area contributed by atoms with E-state index in [9.17, 15) is 8.42 Å². The summed E-state index contributed by atoms with van der Waals surface area (Å²) in [7, 11) is -2.22. The summed E-state index contributed by atoms with van der Waals surface area (Å²) < 4.78 is 29.1. The van der Waals surface area contributed by atoms with Crippen LogP contribution >= 0.6 is 0 Å². The van der Waals surface area contributed by atoms with Crippen LogP contribution in [0, 0.1) is 11.5 Å². The number of nitriles is 1. The molecule has 1 rings (SSSR count). The lowest BCUT2D eigenvalue weighted by Crippen LogP contribution is -2.17. The van der Waals surface area contributed by atoms with Crippen molar-refractivity contribution in [1.82, 2.24) is 4.72 Å². The van der Waals surface area contributed by atoms with Gasteiger partial charge in [-0.3, -0.25) is 0 Å². The number of methoxy groups -OCH3 is 1. The number of sulfonamides is 1. The highest BCUT2D eigenvalue weighted by Crippen LogP contribution is 2.14. The zero-order valence-corrected chi connectivity index (χ0v) is 8.21. The van der Waals surface area contributed by atoms with Crippen molar-refractivity contribution < 1.29 is 13.2 Å². The predicted molar refractivity (Wildman–Crippen MR) is 48.9 cm³/mol. The Labute approximate surface area is 82.0 Å². The third-order valence-electron chi connectivity index (χ3n) is 1.55. The molecule has 1 aromatic carbocycles. The lowest BCUT2D eigenvalue weighted by atomic mass is 10.3. The second kappa shape index (κ2) is 3.98. The van der Waals surface area contributed by atoms with Gasteiger partial charge in [0.15, 0.2) is 6.19 Å². The topological polar surface area (TPSA) is 79.2 Å². The number of nitrogens with zero attached hydrogens (tertiary/aromatic N) is 1. The molecule has 0 amide bonds. The summed E-state index contributed by atoms with van der Waals surface area (Å²) >= 11 is 0. The van der Waals surface area contributed by atoms with E-state index in [-0.39, 0.29) is 4.90 Å². The van der Waals surface area contributed by atoms with Crippen LogP contribution in [0.15, 0.2) is 29.2 Å². The minimum atomic E-state index is -3.70. The average Bonchev–Trinajstić information content (AvgIpc) is 2.18. The molecule has 0 aliphatic heterocycles. The van der Waals surface area contributed by atoms with Gasteiger partial charge in [-0.1, -0.05) is 0 Å². The minimum Gasteiger partial charge on any atom is -0.497 e. The molecule has 5 nitrogen and oxygen atoms in total. The fourth-order valence-corrected chi connectivity index (χ4v) is 1.61. The van der Waals surface area contributed by atoms with Crippen LogP contribution in [0.5, 0.6) is 5.75 Å². The summed E-state index contributed by atoms with van der Waals surface area (Å²) in [4.78, 5) is 0.0276. The Morgan fingerprint density at radius 3 is 2.36 bits per heavy atom. The molecule has 6 heteroatoms. The van der Waals surface area contributed by atoms with Crippen LogP contribution in [0.1, 0.15) is 0 Å². The first kappa shape index (κ1) is 10.3. The summed E-state index contributed by atoms with van der Waals surface area (Å²) in [6, 6.07) is 5.73. The molecule has 0 atom stereocenters. The molecule has 0 unspecified atom stereocenters. The highest BCUT2D eigenvalue weighted by Gasteiger charge is 2.12. The Morgan fingerprint density at radius 1 is 1.36 bits per heavy atom. The van der Waals surface area contributed by atoms with Gasteiger partial charge in [0.05, 0.1) is 12.0 Å². The smallest absolute Gasteiger partial charge is 0.270 e. The molecular formula is C8H8N2O3S. The van der Waals surface area contributed by atoms with E-state index in [2.05, 4.69) is 0 Å². The van der Waals surface area contributed by atoms with Gasteiger partial charge in [0.2, 0.25) is 0 Å². The molecule has 0 saturated carbocycles. The van der Waals surface area contributed by atoms with Crippen molar-refractivity contribution in [3.8, 4) is 11.9 Å². The molecule has 0 aliphatic carbocycles. The lowest BCUT2D eigenvalue weighted by molar-refractivity contribution is 0.414. The quantitative estimate of drug-likeness (QED) is 0.583. The molecule has 0 spiro atoms. The minimum absolute atomic E-state index is 0.0276. The monoisotopic (exact) mass is 212 g/mol. The first-order valence-corrected chi connectivity index (χ1v) is 5.13. The van der Waals surface area contributed by atoms with Gasteiger partial charge < -0.3 is 4.74 Å². The molecule has 0 fully saturated rings. The third-order valence-corrected chi connectivity index (χ3v) is 2.80. The third kappa shape index (κ3) is 2.14. The highest BCUT2D eigenvalue weighted by atomic mass is 32.2. The molecule has 0 radical (unpaired) electrons. The molecule has 1 N–H and O–H groups in total. The number of hydrogen-bond acceptors (Lipinski definition) is 4. The first-order valence-electron chi connectivity index (χ1n) is 3.65. The van der Waals surface area contributed by atoms with Crippen molar-refractivity contribution in [2.75, 3.05) is 7.11 Å². The lowest BCUT2D eigenvalue weighted by Gasteiger charge is -2.02. The maximum absolute atomic E-state index is 11.3. The van der Waals surface area contributed by atoms with E-state index in [4.69, 9.17) is 10.00 Å². The summed E-state index contributed by atoms with van der Waals surface area (Å²) in [6.07, 6.45) is 1.37. The molecule has 14 heavy (non-hydrogen) atoms. The molecular weight excluding hydrogens is 204 g/mol. The molecule has 0 heterocycles. The van der Waals surface area contributed by atoms with Gasteiger partial charge >= 0.3 is 0 Å². The van der Waals surface area contributed by atoms with Gasteiger partial charge in [-0.15, -0.1) is 0 Å². The van der Waals surface area contributed by atoms with Gasteiger partial charge in [0, 0.05) is 0 Å². The van der Waals surface area contributed by atoms with Crippen LogP contribution < -0.4 is 9.46 Å². The number of ether oxygens (including phenoxy) is 1. The van der Waals surface area contributed by atoms with Crippen molar-refractivity contribution in [2.24, 2.45) is 0 Å². The van der Waals surface area contributed by atoms with Crippen LogP contribution in [0.25, 0.3) is 0 Å². The van der Waals surface area contributed by atoms with Crippen LogP contribution in [-0.2, 0) is 10.0 Å². The molecule has 74 valence electrons. The average molecular weight is 212 g/mol. The Morgan fingerprint density at radius 2 is 1.93 bits per heavy atom. The number of rotatable bonds is 3. The van der Waals surface area contributed by atoms with E-state index < -0.39 is 10.0 Å². The highest BCUT2D eigenvalue weighted by molar-refractivity contribution is 7.89. The van der Waals surface area contributed by atoms with Crippen molar-refractivity contribution in [3.63, 3.8) is 0 Å². The van der Waals surface area contributed by atoms with Crippen molar-refractivity contribution >= 4 is 10.0 Å². The summed E-state index contributed by atoms with van der Waals surface area (Å²) in [5.74, 6) is 0.556.